The fourth-order valence-corrected chi connectivity index (χ4v) is 8.35. The number of para-hydroxylation sites is 1. The third kappa shape index (κ3) is 9.10. The van der Waals surface area contributed by atoms with Gasteiger partial charge in [-0.1, -0.05) is 55.3 Å². The van der Waals surface area contributed by atoms with Gasteiger partial charge in [0.1, 0.15) is 5.69 Å². The van der Waals surface area contributed by atoms with E-state index in [1.165, 1.54) is 28.8 Å². The number of rotatable bonds is 11. The van der Waals surface area contributed by atoms with E-state index >= 15 is 0 Å². The Hall–Kier alpha value is -3.97. The van der Waals surface area contributed by atoms with Crippen molar-refractivity contribution in [1.29, 1.82) is 0 Å². The van der Waals surface area contributed by atoms with E-state index in [0.29, 0.717) is 44.5 Å². The van der Waals surface area contributed by atoms with Gasteiger partial charge in [0.25, 0.3) is 21.6 Å². The molecule has 2 heterocycles. The average molecular weight is 736 g/mol. The molecule has 11 nitrogen and oxygen atoms in total. The average Bonchev–Trinajstić information content (AvgIpc) is 3.12. The quantitative estimate of drug-likeness (QED) is 0.158. The maximum absolute atomic E-state index is 13.5. The summed E-state index contributed by atoms with van der Waals surface area (Å²) in [5, 5.41) is 15.7. The maximum atomic E-state index is 13.5. The van der Waals surface area contributed by atoms with Crippen molar-refractivity contribution in [3.05, 3.63) is 98.6 Å². The van der Waals surface area contributed by atoms with E-state index in [-0.39, 0.29) is 27.2 Å². The Morgan fingerprint density at radius 3 is 2.43 bits per heavy atom. The van der Waals surface area contributed by atoms with Crippen molar-refractivity contribution in [1.82, 2.24) is 9.62 Å². The first-order chi connectivity index (χ1) is 24.4. The van der Waals surface area contributed by atoms with Crippen molar-refractivity contribution in [2.24, 2.45) is 11.3 Å². The van der Waals surface area contributed by atoms with Gasteiger partial charge in [0.15, 0.2) is 0 Å². The monoisotopic (exact) mass is 735 g/mol. The van der Waals surface area contributed by atoms with Crippen LogP contribution in [-0.4, -0.2) is 76.6 Å². The summed E-state index contributed by atoms with van der Waals surface area (Å²) in [6.45, 7) is 10.2. The first-order valence-corrected chi connectivity index (χ1v) is 19.4. The lowest BCUT2D eigenvalue weighted by molar-refractivity contribution is -0.384. The molecule has 2 aliphatic heterocycles. The van der Waals surface area contributed by atoms with Crippen molar-refractivity contribution >= 4 is 50.2 Å². The van der Waals surface area contributed by atoms with Crippen LogP contribution in [0.1, 0.15) is 61.9 Å². The minimum absolute atomic E-state index is 0.223. The molecule has 1 aliphatic carbocycles. The first-order valence-electron chi connectivity index (χ1n) is 17.6. The predicted octanol–water partition coefficient (Wildman–Crippen LogP) is 6.99. The molecule has 2 N–H and O–H groups in total. The molecule has 0 spiro atoms. The van der Waals surface area contributed by atoms with Crippen molar-refractivity contribution in [2.75, 3.05) is 62.7 Å². The van der Waals surface area contributed by atoms with Gasteiger partial charge in [0, 0.05) is 69.3 Å². The third-order valence-electron chi connectivity index (χ3n) is 10.3. The van der Waals surface area contributed by atoms with Crippen LogP contribution in [0.4, 0.5) is 17.1 Å². The summed E-state index contributed by atoms with van der Waals surface area (Å²) < 4.78 is 34.3. The molecule has 272 valence electrons. The van der Waals surface area contributed by atoms with E-state index in [1.54, 1.807) is 12.1 Å². The molecule has 0 unspecified atom stereocenters. The summed E-state index contributed by atoms with van der Waals surface area (Å²) in [5.74, 6) is -0.487. The molecule has 0 atom stereocenters. The van der Waals surface area contributed by atoms with Gasteiger partial charge in [-0.25, -0.2) is 13.1 Å². The molecule has 13 heteroatoms. The highest BCUT2D eigenvalue weighted by Crippen LogP contribution is 2.43. The van der Waals surface area contributed by atoms with Crippen LogP contribution >= 0.6 is 11.6 Å². The number of carbonyl (C=O) groups excluding carboxylic acids is 1. The Morgan fingerprint density at radius 2 is 1.73 bits per heavy atom. The Labute approximate surface area is 305 Å². The zero-order valence-corrected chi connectivity index (χ0v) is 30.8. The van der Waals surface area contributed by atoms with Crippen LogP contribution in [0.2, 0.25) is 5.02 Å². The lowest BCUT2D eigenvalue weighted by Crippen LogP contribution is -2.47. The molecule has 3 aromatic carbocycles. The van der Waals surface area contributed by atoms with Gasteiger partial charge in [0.05, 0.1) is 15.4 Å². The van der Waals surface area contributed by atoms with Gasteiger partial charge < -0.3 is 15.0 Å². The van der Waals surface area contributed by atoms with Crippen LogP contribution in [0, 0.1) is 21.4 Å². The van der Waals surface area contributed by atoms with E-state index in [1.807, 2.05) is 24.3 Å². The van der Waals surface area contributed by atoms with Gasteiger partial charge in [-0.2, -0.15) is 0 Å². The molecule has 2 saturated heterocycles. The van der Waals surface area contributed by atoms with Crippen molar-refractivity contribution in [2.45, 2.75) is 50.8 Å². The smallest absolute Gasteiger partial charge is 0.293 e. The maximum Gasteiger partial charge on any atom is 0.293 e. The molecular formula is C38H46ClN5O6S. The summed E-state index contributed by atoms with van der Waals surface area (Å²) >= 11 is 6.19. The fourth-order valence-electron chi connectivity index (χ4n) is 7.24. The van der Waals surface area contributed by atoms with Gasteiger partial charge in [0.2, 0.25) is 0 Å². The second-order valence-corrected chi connectivity index (χ2v) is 16.6. The van der Waals surface area contributed by atoms with E-state index in [0.717, 1.165) is 62.8 Å². The number of ether oxygens (including phenoxy) is 1. The standard InChI is InChI=1S/C38H46ClN5O6S/c1-38(2)16-13-29(33(24-38)28-7-9-30(39)10-8-28)26-42-17-19-43(20-18-42)35-6-4-3-5-32(35)37(45)41-51(48,49)31-11-12-34(36(23-31)44(46)47)40-25-27-14-21-50-22-15-27/h3-12,23,27,40H,13-22,24-26H2,1-2H3,(H,41,45). The molecule has 1 amide bonds. The van der Waals surface area contributed by atoms with E-state index in [4.69, 9.17) is 16.3 Å². The number of sulfonamides is 1. The zero-order chi connectivity index (χ0) is 36.2. The number of hydrogen-bond donors (Lipinski definition) is 2. The molecule has 6 rings (SSSR count). The van der Waals surface area contributed by atoms with Gasteiger partial charge in [-0.15, -0.1) is 0 Å². The molecule has 0 radical (unpaired) electrons. The number of amides is 1. The lowest BCUT2D eigenvalue weighted by atomic mass is 9.72. The topological polar surface area (TPSA) is 134 Å². The summed E-state index contributed by atoms with van der Waals surface area (Å²) in [4.78, 5) is 29.0. The van der Waals surface area contributed by atoms with Gasteiger partial charge in [-0.05, 0) is 91.0 Å². The molecule has 51 heavy (non-hydrogen) atoms. The van der Waals surface area contributed by atoms with Crippen molar-refractivity contribution in [3.8, 4) is 0 Å². The molecule has 3 aliphatic rings. The number of halogens is 1. The number of nitro benzene ring substituents is 1. The number of nitro groups is 1. The number of allylic oxidation sites excluding steroid dienone is 1. The Bertz CT molecular complexity index is 1880. The normalized spacial score (nSPS) is 18.8. The van der Waals surface area contributed by atoms with Crippen LogP contribution in [0.25, 0.3) is 5.57 Å². The van der Waals surface area contributed by atoms with Crippen LogP contribution < -0.4 is 14.9 Å². The highest BCUT2D eigenvalue weighted by Gasteiger charge is 2.31. The minimum atomic E-state index is -4.41. The molecular weight excluding hydrogens is 690 g/mol. The largest absolute Gasteiger partial charge is 0.381 e. The summed E-state index contributed by atoms with van der Waals surface area (Å²) in [7, 11) is -4.41. The Morgan fingerprint density at radius 1 is 1.02 bits per heavy atom. The number of carbonyl (C=O) groups is 1. The van der Waals surface area contributed by atoms with Gasteiger partial charge in [-0.3, -0.25) is 19.8 Å². The molecule has 2 fully saturated rings. The van der Waals surface area contributed by atoms with Crippen LogP contribution in [0.15, 0.2) is 77.2 Å². The number of nitrogens with one attached hydrogen (secondary N) is 2. The van der Waals surface area contributed by atoms with E-state index < -0.39 is 20.9 Å². The molecule has 0 aromatic heterocycles. The molecule has 3 aromatic rings. The van der Waals surface area contributed by atoms with E-state index in [2.05, 4.69) is 45.8 Å². The highest BCUT2D eigenvalue weighted by molar-refractivity contribution is 7.90. The second kappa shape index (κ2) is 15.7. The number of nitrogens with zero attached hydrogens (tertiary/aromatic N) is 3. The van der Waals surface area contributed by atoms with Crippen LogP contribution in [0.3, 0.4) is 0 Å². The highest BCUT2D eigenvalue weighted by atomic mass is 35.5. The van der Waals surface area contributed by atoms with Crippen LogP contribution in [-0.2, 0) is 14.8 Å². The Kier molecular flexibility index (Phi) is 11.4. The van der Waals surface area contributed by atoms with Crippen molar-refractivity contribution in [3.63, 3.8) is 0 Å². The first kappa shape index (κ1) is 36.8. The van der Waals surface area contributed by atoms with Gasteiger partial charge >= 0.3 is 0 Å². The van der Waals surface area contributed by atoms with Crippen LogP contribution in [0.5, 0.6) is 0 Å². The lowest BCUT2D eigenvalue weighted by Gasteiger charge is -2.39. The van der Waals surface area contributed by atoms with Crippen molar-refractivity contribution < 1.29 is 22.9 Å². The number of anilines is 2. The number of piperazine rings is 1. The molecule has 0 saturated carbocycles. The Balaban J connectivity index is 1.12. The third-order valence-corrected chi connectivity index (χ3v) is 11.9. The van der Waals surface area contributed by atoms with E-state index in [9.17, 15) is 23.3 Å². The SMILES string of the molecule is CC1(C)CCC(CN2CCN(c3ccccc3C(=O)NS(=O)(=O)c3ccc(NCC4CCOCC4)c([N+](=O)[O-])c3)CC2)=C(c2ccc(Cl)cc2)C1. The number of benzene rings is 3. The summed E-state index contributed by atoms with van der Waals surface area (Å²) in [6.07, 6.45) is 4.88. The fraction of sp³-hybridized carbons (Fsp3) is 0.447. The number of hydrogen-bond acceptors (Lipinski definition) is 9. The summed E-state index contributed by atoms with van der Waals surface area (Å²) in [6, 6.07) is 18.7. The zero-order valence-electron chi connectivity index (χ0n) is 29.2. The second-order valence-electron chi connectivity index (χ2n) is 14.5. The summed E-state index contributed by atoms with van der Waals surface area (Å²) in [5.41, 5.74) is 5.04. The minimum Gasteiger partial charge on any atom is -0.381 e. The predicted molar refractivity (Wildman–Crippen MR) is 201 cm³/mol. The molecule has 0 bridgehead atoms.